The summed E-state index contributed by atoms with van der Waals surface area (Å²) in [6.45, 7) is 2.08. The van der Waals surface area contributed by atoms with Gasteiger partial charge in [0.25, 0.3) is 0 Å². The first-order valence-electron chi connectivity index (χ1n) is 6.76. The van der Waals surface area contributed by atoms with E-state index in [9.17, 15) is 0 Å². The average Bonchev–Trinajstić information content (AvgIpc) is 2.47. The second-order valence-electron chi connectivity index (χ2n) is 4.86. The molecule has 0 fully saturated rings. The summed E-state index contributed by atoms with van der Waals surface area (Å²) in [7, 11) is 5.29. The average molecular weight is 350 g/mol. The Morgan fingerprint density at radius 1 is 1.05 bits per heavy atom. The minimum Gasteiger partial charge on any atom is -0.496 e. The van der Waals surface area contributed by atoms with Crippen molar-refractivity contribution in [3.8, 4) is 11.5 Å². The summed E-state index contributed by atoms with van der Waals surface area (Å²) in [5.74, 6) is 1.62. The lowest BCUT2D eigenvalue weighted by atomic mass is 9.96. The van der Waals surface area contributed by atoms with Crippen molar-refractivity contribution in [2.24, 2.45) is 0 Å². The van der Waals surface area contributed by atoms with Gasteiger partial charge in [0.2, 0.25) is 0 Å². The molecule has 0 saturated heterocycles. The van der Waals surface area contributed by atoms with E-state index in [1.165, 1.54) is 5.56 Å². The van der Waals surface area contributed by atoms with Crippen LogP contribution in [0.2, 0.25) is 0 Å². The van der Waals surface area contributed by atoms with Gasteiger partial charge in [-0.1, -0.05) is 28.1 Å². The second kappa shape index (κ2) is 6.96. The van der Waals surface area contributed by atoms with E-state index in [4.69, 9.17) is 9.47 Å². The summed E-state index contributed by atoms with van der Waals surface area (Å²) in [5.41, 5.74) is 3.36. The van der Waals surface area contributed by atoms with Gasteiger partial charge in [-0.2, -0.15) is 0 Å². The molecule has 1 N–H and O–H groups in total. The van der Waals surface area contributed by atoms with Gasteiger partial charge in [-0.25, -0.2) is 0 Å². The van der Waals surface area contributed by atoms with Crippen LogP contribution in [-0.4, -0.2) is 21.3 Å². The molecule has 0 aliphatic carbocycles. The molecule has 0 radical (unpaired) electrons. The van der Waals surface area contributed by atoms with Crippen LogP contribution in [0, 0.1) is 6.92 Å². The zero-order chi connectivity index (χ0) is 15.4. The lowest BCUT2D eigenvalue weighted by Gasteiger charge is -2.23. The molecule has 2 rings (SSSR count). The SMILES string of the molecule is CNC(c1cc(C)cc(Br)c1)c1c(OC)cccc1OC. The third-order valence-electron chi connectivity index (χ3n) is 3.44. The minimum absolute atomic E-state index is 0.00713. The topological polar surface area (TPSA) is 30.5 Å². The Morgan fingerprint density at radius 3 is 2.14 bits per heavy atom. The lowest BCUT2D eigenvalue weighted by molar-refractivity contribution is 0.379. The summed E-state index contributed by atoms with van der Waals surface area (Å²) in [6.07, 6.45) is 0. The summed E-state index contributed by atoms with van der Waals surface area (Å²) in [4.78, 5) is 0. The van der Waals surface area contributed by atoms with Gasteiger partial charge in [-0.15, -0.1) is 0 Å². The van der Waals surface area contributed by atoms with Gasteiger partial charge in [-0.3, -0.25) is 0 Å². The van der Waals surface area contributed by atoms with Crippen LogP contribution < -0.4 is 14.8 Å². The Morgan fingerprint density at radius 2 is 1.67 bits per heavy atom. The van der Waals surface area contributed by atoms with E-state index in [0.717, 1.165) is 27.1 Å². The molecular formula is C17H20BrNO2. The minimum atomic E-state index is -0.00713. The molecule has 2 aromatic carbocycles. The highest BCUT2D eigenvalue weighted by molar-refractivity contribution is 9.10. The van der Waals surface area contributed by atoms with Crippen molar-refractivity contribution in [3.05, 3.63) is 57.6 Å². The van der Waals surface area contributed by atoms with Crippen molar-refractivity contribution in [2.45, 2.75) is 13.0 Å². The molecule has 0 heterocycles. The van der Waals surface area contributed by atoms with Crippen LogP contribution in [0.4, 0.5) is 0 Å². The molecule has 0 aliphatic rings. The van der Waals surface area contributed by atoms with Crippen molar-refractivity contribution in [2.75, 3.05) is 21.3 Å². The Bertz CT molecular complexity index is 586. The zero-order valence-electron chi connectivity index (χ0n) is 12.7. The highest BCUT2D eigenvalue weighted by Crippen LogP contribution is 2.38. The van der Waals surface area contributed by atoms with Gasteiger partial charge in [0, 0.05) is 4.47 Å². The summed E-state index contributed by atoms with van der Waals surface area (Å²) in [5, 5.41) is 3.36. The van der Waals surface area contributed by atoms with Gasteiger partial charge < -0.3 is 14.8 Å². The Labute approximate surface area is 134 Å². The smallest absolute Gasteiger partial charge is 0.127 e. The third-order valence-corrected chi connectivity index (χ3v) is 3.90. The third kappa shape index (κ3) is 3.39. The molecule has 4 heteroatoms. The summed E-state index contributed by atoms with van der Waals surface area (Å²) >= 11 is 3.56. The number of aryl methyl sites for hydroxylation is 1. The van der Waals surface area contributed by atoms with Gasteiger partial charge in [0.15, 0.2) is 0 Å². The molecule has 112 valence electrons. The van der Waals surface area contributed by atoms with E-state index in [2.05, 4.69) is 46.4 Å². The predicted molar refractivity (Wildman–Crippen MR) is 89.3 cm³/mol. The van der Waals surface area contributed by atoms with Crippen LogP contribution in [0.3, 0.4) is 0 Å². The van der Waals surface area contributed by atoms with Crippen molar-refractivity contribution in [1.29, 1.82) is 0 Å². The molecule has 0 aromatic heterocycles. The number of methoxy groups -OCH3 is 2. The molecule has 0 aliphatic heterocycles. The van der Waals surface area contributed by atoms with Crippen LogP contribution in [0.1, 0.15) is 22.7 Å². The van der Waals surface area contributed by atoms with Crippen LogP contribution in [0.5, 0.6) is 11.5 Å². The molecule has 0 bridgehead atoms. The first-order valence-corrected chi connectivity index (χ1v) is 7.55. The largest absolute Gasteiger partial charge is 0.496 e. The number of ether oxygens (including phenoxy) is 2. The van der Waals surface area contributed by atoms with Crippen LogP contribution in [0.25, 0.3) is 0 Å². The molecule has 21 heavy (non-hydrogen) atoms. The van der Waals surface area contributed by atoms with Crippen molar-refractivity contribution >= 4 is 15.9 Å². The molecule has 0 saturated carbocycles. The maximum absolute atomic E-state index is 5.52. The molecule has 1 atom stereocenters. The monoisotopic (exact) mass is 349 g/mol. The van der Waals surface area contributed by atoms with Crippen molar-refractivity contribution < 1.29 is 9.47 Å². The maximum Gasteiger partial charge on any atom is 0.127 e. The van der Waals surface area contributed by atoms with E-state index in [1.54, 1.807) is 14.2 Å². The number of nitrogens with one attached hydrogen (secondary N) is 1. The molecule has 3 nitrogen and oxygen atoms in total. The van der Waals surface area contributed by atoms with E-state index >= 15 is 0 Å². The quantitative estimate of drug-likeness (QED) is 0.881. The highest BCUT2D eigenvalue weighted by atomic mass is 79.9. The number of hydrogen-bond donors (Lipinski definition) is 1. The Kier molecular flexibility index (Phi) is 5.26. The van der Waals surface area contributed by atoms with Crippen LogP contribution >= 0.6 is 15.9 Å². The molecule has 0 spiro atoms. The van der Waals surface area contributed by atoms with Gasteiger partial charge in [-0.05, 0) is 49.4 Å². The second-order valence-corrected chi connectivity index (χ2v) is 5.78. The highest BCUT2D eigenvalue weighted by Gasteiger charge is 2.21. The molecular weight excluding hydrogens is 330 g/mol. The van der Waals surface area contributed by atoms with Gasteiger partial charge in [0.1, 0.15) is 11.5 Å². The Hall–Kier alpha value is -1.52. The fourth-order valence-corrected chi connectivity index (χ4v) is 3.20. The number of halogens is 1. The standard InChI is InChI=1S/C17H20BrNO2/c1-11-8-12(10-13(18)9-11)17(19-2)16-14(20-3)6-5-7-15(16)21-4/h5-10,17,19H,1-4H3. The number of hydrogen-bond acceptors (Lipinski definition) is 3. The van der Waals surface area contributed by atoms with E-state index < -0.39 is 0 Å². The van der Waals surface area contributed by atoms with Crippen LogP contribution in [0.15, 0.2) is 40.9 Å². The fraction of sp³-hybridized carbons (Fsp3) is 0.294. The van der Waals surface area contributed by atoms with Crippen LogP contribution in [-0.2, 0) is 0 Å². The summed E-state index contributed by atoms with van der Waals surface area (Å²) in [6, 6.07) is 12.2. The van der Waals surface area contributed by atoms with Gasteiger partial charge >= 0.3 is 0 Å². The maximum atomic E-state index is 5.52. The first kappa shape index (κ1) is 15.9. The Balaban J connectivity index is 2.60. The van der Waals surface area contributed by atoms with E-state index in [1.807, 2.05) is 25.2 Å². The number of rotatable bonds is 5. The number of benzene rings is 2. The van der Waals surface area contributed by atoms with E-state index in [-0.39, 0.29) is 6.04 Å². The summed E-state index contributed by atoms with van der Waals surface area (Å²) < 4.78 is 12.1. The zero-order valence-corrected chi connectivity index (χ0v) is 14.3. The lowest BCUT2D eigenvalue weighted by Crippen LogP contribution is -2.19. The van der Waals surface area contributed by atoms with Crippen molar-refractivity contribution in [1.82, 2.24) is 5.32 Å². The van der Waals surface area contributed by atoms with Gasteiger partial charge in [0.05, 0.1) is 25.8 Å². The molecule has 0 amide bonds. The molecule has 2 aromatic rings. The fourth-order valence-electron chi connectivity index (χ4n) is 2.57. The normalized spacial score (nSPS) is 12.0. The predicted octanol–water partition coefficient (Wildman–Crippen LogP) is 4.08. The van der Waals surface area contributed by atoms with E-state index in [0.29, 0.717) is 0 Å². The molecule has 1 unspecified atom stereocenters. The first-order chi connectivity index (χ1) is 10.1. The van der Waals surface area contributed by atoms with Crippen molar-refractivity contribution in [3.63, 3.8) is 0 Å².